The second kappa shape index (κ2) is 7.02. The smallest absolute Gasteiger partial charge is 0.205 e. The number of carbonyl (C=O) groups excluding carboxylic acids is 1. The zero-order chi connectivity index (χ0) is 19.8. The molecule has 1 atom stereocenters. The molecule has 0 saturated heterocycles. The largest absolute Gasteiger partial charge is 0.479 e. The van der Waals surface area contributed by atoms with E-state index in [0.29, 0.717) is 40.5 Å². The number of nitriles is 1. The Labute approximate surface area is 163 Å². The lowest BCUT2D eigenvalue weighted by molar-refractivity contribution is -0.119. The van der Waals surface area contributed by atoms with E-state index in [4.69, 9.17) is 33.2 Å². The fourth-order valence-electron chi connectivity index (χ4n) is 3.55. The van der Waals surface area contributed by atoms with Crippen molar-refractivity contribution in [2.75, 3.05) is 6.61 Å². The molecule has 1 heterocycles. The number of Topliss-reactive ketones (excluding diaryl/α,β-unsaturated/α-hetero) is 1. The molecule has 0 amide bonds. The Bertz CT molecular complexity index is 961. The van der Waals surface area contributed by atoms with Crippen molar-refractivity contribution in [2.45, 2.75) is 32.6 Å². The standard InChI is InChI=1S/C21H19ClN2O3/c1-4-7-26-16-6-5-12(8-14(16)22)18-13(11-23)20(24)27-17-10-21(2,3)9-15(25)19(17)18/h1,5-6,8,18H,7,9-10,24H2,2-3H3/t18-/m1/s1. The first-order valence-electron chi connectivity index (χ1n) is 8.47. The number of ketones is 1. The summed E-state index contributed by atoms with van der Waals surface area (Å²) in [5, 5.41) is 9.97. The van der Waals surface area contributed by atoms with E-state index in [9.17, 15) is 10.1 Å². The maximum absolute atomic E-state index is 12.9. The number of halogens is 1. The van der Waals surface area contributed by atoms with Gasteiger partial charge in [0.25, 0.3) is 0 Å². The molecule has 27 heavy (non-hydrogen) atoms. The summed E-state index contributed by atoms with van der Waals surface area (Å²) >= 11 is 6.31. The molecule has 5 nitrogen and oxygen atoms in total. The van der Waals surface area contributed by atoms with Crippen LogP contribution in [0, 0.1) is 29.1 Å². The van der Waals surface area contributed by atoms with Crippen LogP contribution >= 0.6 is 11.6 Å². The molecule has 1 aromatic rings. The fourth-order valence-corrected chi connectivity index (χ4v) is 3.79. The quantitative estimate of drug-likeness (QED) is 0.803. The molecule has 2 aliphatic rings. The third kappa shape index (κ3) is 3.52. The van der Waals surface area contributed by atoms with Crippen LogP contribution in [0.1, 0.15) is 38.2 Å². The molecule has 1 aliphatic heterocycles. The van der Waals surface area contributed by atoms with Crippen molar-refractivity contribution < 1.29 is 14.3 Å². The molecule has 0 fully saturated rings. The molecule has 0 aromatic heterocycles. The lowest BCUT2D eigenvalue weighted by Crippen LogP contribution is -2.33. The maximum Gasteiger partial charge on any atom is 0.205 e. The molecule has 138 valence electrons. The summed E-state index contributed by atoms with van der Waals surface area (Å²) in [4.78, 5) is 12.9. The van der Waals surface area contributed by atoms with Crippen LogP contribution in [0.3, 0.4) is 0 Å². The van der Waals surface area contributed by atoms with E-state index < -0.39 is 5.92 Å². The Kier molecular flexibility index (Phi) is 4.91. The van der Waals surface area contributed by atoms with E-state index >= 15 is 0 Å². The zero-order valence-corrected chi connectivity index (χ0v) is 15.9. The number of nitrogens with two attached hydrogens (primary N) is 1. The minimum absolute atomic E-state index is 0.0236. The number of carbonyl (C=O) groups is 1. The number of nitrogens with zero attached hydrogens (tertiary/aromatic N) is 1. The second-order valence-corrected chi connectivity index (χ2v) is 7.79. The van der Waals surface area contributed by atoms with Crippen LogP contribution in [0.5, 0.6) is 5.75 Å². The van der Waals surface area contributed by atoms with Crippen molar-refractivity contribution in [1.29, 1.82) is 5.26 Å². The monoisotopic (exact) mass is 382 g/mol. The summed E-state index contributed by atoms with van der Waals surface area (Å²) in [7, 11) is 0. The normalized spacial score (nSPS) is 21.1. The van der Waals surface area contributed by atoms with E-state index in [1.807, 2.05) is 13.8 Å². The van der Waals surface area contributed by atoms with Gasteiger partial charge in [-0.1, -0.05) is 37.4 Å². The summed E-state index contributed by atoms with van der Waals surface area (Å²) in [6.45, 7) is 4.10. The van der Waals surface area contributed by atoms with Gasteiger partial charge in [-0.25, -0.2) is 0 Å². The average molecular weight is 383 g/mol. The number of allylic oxidation sites excluding steroid dienone is 3. The van der Waals surface area contributed by atoms with Crippen molar-refractivity contribution >= 4 is 17.4 Å². The van der Waals surface area contributed by atoms with Crippen molar-refractivity contribution in [1.82, 2.24) is 0 Å². The Hall–Kier alpha value is -2.89. The minimum Gasteiger partial charge on any atom is -0.479 e. The molecular weight excluding hydrogens is 364 g/mol. The SMILES string of the molecule is C#CCOc1ccc([C@@H]2C(C#N)=C(N)OC3=C2C(=O)CC(C)(C)C3)cc1Cl. The molecule has 0 unspecified atom stereocenters. The van der Waals surface area contributed by atoms with E-state index in [0.717, 1.165) is 0 Å². The zero-order valence-electron chi connectivity index (χ0n) is 15.1. The molecule has 0 bridgehead atoms. The lowest BCUT2D eigenvalue weighted by Gasteiger charge is -2.37. The highest BCUT2D eigenvalue weighted by molar-refractivity contribution is 6.32. The van der Waals surface area contributed by atoms with Crippen LogP contribution in [0.4, 0.5) is 0 Å². The topological polar surface area (TPSA) is 85.3 Å². The van der Waals surface area contributed by atoms with E-state index in [1.165, 1.54) is 0 Å². The summed E-state index contributed by atoms with van der Waals surface area (Å²) in [5.41, 5.74) is 7.14. The number of rotatable bonds is 3. The fraction of sp³-hybridized carbons (Fsp3) is 0.333. The Balaban J connectivity index is 2.10. The highest BCUT2D eigenvalue weighted by Crippen LogP contribution is 2.48. The van der Waals surface area contributed by atoms with Gasteiger partial charge in [-0.3, -0.25) is 4.79 Å². The van der Waals surface area contributed by atoms with Gasteiger partial charge < -0.3 is 15.2 Å². The number of hydrogen-bond donors (Lipinski definition) is 1. The Morgan fingerprint density at radius 1 is 1.44 bits per heavy atom. The lowest BCUT2D eigenvalue weighted by atomic mass is 9.70. The molecule has 0 saturated carbocycles. The first-order valence-corrected chi connectivity index (χ1v) is 8.84. The maximum atomic E-state index is 12.9. The highest BCUT2D eigenvalue weighted by atomic mass is 35.5. The van der Waals surface area contributed by atoms with E-state index in [-0.39, 0.29) is 29.3 Å². The van der Waals surface area contributed by atoms with Gasteiger partial charge in [-0.2, -0.15) is 5.26 Å². The van der Waals surface area contributed by atoms with Crippen LogP contribution in [-0.2, 0) is 9.53 Å². The molecular formula is C21H19ClN2O3. The van der Waals surface area contributed by atoms with Gasteiger partial charge in [0.05, 0.1) is 10.9 Å². The third-order valence-electron chi connectivity index (χ3n) is 4.68. The van der Waals surface area contributed by atoms with Crippen molar-refractivity contribution in [3.05, 3.63) is 51.6 Å². The molecule has 6 heteroatoms. The van der Waals surface area contributed by atoms with Crippen LogP contribution in [0.2, 0.25) is 5.02 Å². The molecule has 1 aliphatic carbocycles. The molecule has 0 radical (unpaired) electrons. The van der Waals surface area contributed by atoms with Crippen LogP contribution < -0.4 is 10.5 Å². The average Bonchev–Trinajstić information content (AvgIpc) is 2.58. The molecule has 3 rings (SSSR count). The molecule has 0 spiro atoms. The summed E-state index contributed by atoms with van der Waals surface area (Å²) in [6, 6.07) is 7.19. The van der Waals surface area contributed by atoms with Crippen LogP contribution in [0.15, 0.2) is 41.0 Å². The van der Waals surface area contributed by atoms with E-state index in [2.05, 4.69) is 12.0 Å². The van der Waals surface area contributed by atoms with Gasteiger partial charge >= 0.3 is 0 Å². The first-order chi connectivity index (χ1) is 12.8. The van der Waals surface area contributed by atoms with Gasteiger partial charge in [-0.15, -0.1) is 6.42 Å². The van der Waals surface area contributed by atoms with Crippen molar-refractivity contribution in [2.24, 2.45) is 11.1 Å². The second-order valence-electron chi connectivity index (χ2n) is 7.39. The van der Waals surface area contributed by atoms with Gasteiger partial charge in [0, 0.05) is 18.4 Å². The summed E-state index contributed by atoms with van der Waals surface area (Å²) < 4.78 is 11.1. The van der Waals surface area contributed by atoms with Gasteiger partial charge in [0.2, 0.25) is 5.88 Å². The predicted octanol–water partition coefficient (Wildman–Crippen LogP) is 3.80. The molecule has 1 aromatic carbocycles. The number of benzene rings is 1. The number of hydrogen-bond acceptors (Lipinski definition) is 5. The van der Waals surface area contributed by atoms with Gasteiger partial charge in [0.15, 0.2) is 5.78 Å². The van der Waals surface area contributed by atoms with Crippen LogP contribution in [0.25, 0.3) is 0 Å². The number of terminal acetylenes is 1. The van der Waals surface area contributed by atoms with Crippen LogP contribution in [-0.4, -0.2) is 12.4 Å². The van der Waals surface area contributed by atoms with Gasteiger partial charge in [0.1, 0.15) is 29.8 Å². The van der Waals surface area contributed by atoms with Gasteiger partial charge in [-0.05, 0) is 23.1 Å². The Morgan fingerprint density at radius 3 is 2.81 bits per heavy atom. The predicted molar refractivity (Wildman–Crippen MR) is 101 cm³/mol. The molecule has 2 N–H and O–H groups in total. The third-order valence-corrected chi connectivity index (χ3v) is 4.97. The minimum atomic E-state index is -0.610. The summed E-state index contributed by atoms with van der Waals surface area (Å²) in [5.74, 6) is 2.71. The van der Waals surface area contributed by atoms with E-state index in [1.54, 1.807) is 18.2 Å². The first kappa shape index (κ1) is 18.9. The number of ether oxygens (including phenoxy) is 2. The summed E-state index contributed by atoms with van der Waals surface area (Å²) in [6.07, 6.45) is 6.15. The highest BCUT2D eigenvalue weighted by Gasteiger charge is 2.43. The van der Waals surface area contributed by atoms with Crippen molar-refractivity contribution in [3.8, 4) is 24.2 Å². The van der Waals surface area contributed by atoms with Crippen molar-refractivity contribution in [3.63, 3.8) is 0 Å². The Morgan fingerprint density at radius 2 is 2.19 bits per heavy atom.